The number of benzene rings is 1. The van der Waals surface area contributed by atoms with Gasteiger partial charge < -0.3 is 20.1 Å². The van der Waals surface area contributed by atoms with E-state index in [9.17, 15) is 4.79 Å². The zero-order valence-electron chi connectivity index (χ0n) is 11.2. The number of amides is 2. The van der Waals surface area contributed by atoms with Gasteiger partial charge in [0.25, 0.3) is 0 Å². The fourth-order valence-electron chi connectivity index (χ4n) is 2.76. The molecule has 1 aliphatic carbocycles. The molecule has 2 heterocycles. The summed E-state index contributed by atoms with van der Waals surface area (Å²) in [5.74, 6) is 1.97. The van der Waals surface area contributed by atoms with Gasteiger partial charge in [-0.2, -0.15) is 4.99 Å². The predicted octanol–water partition coefficient (Wildman–Crippen LogP) is 2.31. The normalized spacial score (nSPS) is 23.7. The monoisotopic (exact) mass is 307 g/mol. The number of aliphatic imine (C=N–C) groups is 1. The molecular formula is C14H14ClN3O3. The fourth-order valence-corrected chi connectivity index (χ4v) is 3.04. The fraction of sp³-hybridized carbons (Fsp3) is 0.429. The Balaban J connectivity index is 1.71. The summed E-state index contributed by atoms with van der Waals surface area (Å²) in [6.07, 6.45) is 2.30. The molecule has 1 fully saturated rings. The zero-order valence-corrected chi connectivity index (χ0v) is 12.0. The molecule has 0 spiro atoms. The van der Waals surface area contributed by atoms with Crippen molar-refractivity contribution in [3.63, 3.8) is 0 Å². The average Bonchev–Trinajstić information content (AvgIpc) is 3.03. The number of hydrogen-bond acceptors (Lipinski definition) is 4. The third-order valence-electron chi connectivity index (χ3n) is 3.98. The lowest BCUT2D eigenvalue weighted by molar-refractivity contribution is 0.174. The Labute approximate surface area is 126 Å². The number of nitrogens with zero attached hydrogens (tertiary/aromatic N) is 2. The molecule has 3 aliphatic rings. The Hall–Kier alpha value is -1.95. The SMILES string of the molecule is NC1=NC(=O)N(CC2CC2)C1c1cc(Cl)c2c(c1)OCO2. The first-order valence-electron chi connectivity index (χ1n) is 6.87. The van der Waals surface area contributed by atoms with E-state index >= 15 is 0 Å². The summed E-state index contributed by atoms with van der Waals surface area (Å²) >= 11 is 6.21. The summed E-state index contributed by atoms with van der Waals surface area (Å²) in [4.78, 5) is 17.6. The third kappa shape index (κ3) is 2.10. The van der Waals surface area contributed by atoms with Gasteiger partial charge in [0.2, 0.25) is 6.79 Å². The Morgan fingerprint density at radius 2 is 2.19 bits per heavy atom. The summed E-state index contributed by atoms with van der Waals surface area (Å²) in [7, 11) is 0. The van der Waals surface area contributed by atoms with Crippen LogP contribution >= 0.6 is 11.6 Å². The second kappa shape index (κ2) is 4.53. The van der Waals surface area contributed by atoms with Crippen molar-refractivity contribution < 1.29 is 14.3 Å². The zero-order chi connectivity index (χ0) is 14.6. The molecule has 0 aromatic heterocycles. The number of hydrogen-bond donors (Lipinski definition) is 1. The van der Waals surface area contributed by atoms with Crippen molar-refractivity contribution in [1.29, 1.82) is 0 Å². The lowest BCUT2D eigenvalue weighted by atomic mass is 10.0. The van der Waals surface area contributed by atoms with E-state index in [2.05, 4.69) is 4.99 Å². The minimum Gasteiger partial charge on any atom is -0.454 e. The molecule has 0 radical (unpaired) electrons. The predicted molar refractivity (Wildman–Crippen MR) is 76.8 cm³/mol. The number of nitrogens with two attached hydrogens (primary N) is 1. The highest BCUT2D eigenvalue weighted by atomic mass is 35.5. The number of carbonyl (C=O) groups is 1. The van der Waals surface area contributed by atoms with Crippen LogP contribution in [0.25, 0.3) is 0 Å². The van der Waals surface area contributed by atoms with E-state index in [1.165, 1.54) is 0 Å². The highest BCUT2D eigenvalue weighted by molar-refractivity contribution is 6.32. The van der Waals surface area contributed by atoms with Crippen LogP contribution < -0.4 is 15.2 Å². The van der Waals surface area contributed by atoms with Crippen LogP contribution in [0.2, 0.25) is 5.02 Å². The first kappa shape index (κ1) is 12.8. The first-order chi connectivity index (χ1) is 10.1. The van der Waals surface area contributed by atoms with Gasteiger partial charge in [0.05, 0.1) is 5.02 Å². The minimum absolute atomic E-state index is 0.150. The second-order valence-electron chi connectivity index (χ2n) is 5.55. The van der Waals surface area contributed by atoms with Gasteiger partial charge in [-0.05, 0) is 36.5 Å². The van der Waals surface area contributed by atoms with E-state index in [0.29, 0.717) is 34.8 Å². The molecule has 0 saturated heterocycles. The smallest absolute Gasteiger partial charge is 0.346 e. The van der Waals surface area contributed by atoms with E-state index in [0.717, 1.165) is 18.4 Å². The number of fused-ring (bicyclic) bond motifs is 1. The Morgan fingerprint density at radius 1 is 1.38 bits per heavy atom. The maximum Gasteiger partial charge on any atom is 0.346 e. The van der Waals surface area contributed by atoms with Crippen molar-refractivity contribution in [2.24, 2.45) is 16.6 Å². The van der Waals surface area contributed by atoms with Crippen molar-refractivity contribution in [3.05, 3.63) is 22.7 Å². The van der Waals surface area contributed by atoms with E-state index < -0.39 is 0 Å². The topological polar surface area (TPSA) is 77.2 Å². The van der Waals surface area contributed by atoms with E-state index in [-0.39, 0.29) is 18.9 Å². The minimum atomic E-state index is -0.370. The maximum absolute atomic E-state index is 12.0. The van der Waals surface area contributed by atoms with Crippen LogP contribution in [0.5, 0.6) is 11.5 Å². The Morgan fingerprint density at radius 3 is 2.95 bits per heavy atom. The summed E-state index contributed by atoms with van der Waals surface area (Å²) in [6.45, 7) is 0.831. The molecule has 1 aromatic rings. The van der Waals surface area contributed by atoms with E-state index in [1.54, 1.807) is 11.0 Å². The van der Waals surface area contributed by atoms with Crippen molar-refractivity contribution in [3.8, 4) is 11.5 Å². The molecule has 2 aliphatic heterocycles. The van der Waals surface area contributed by atoms with Crippen LogP contribution in [0.1, 0.15) is 24.4 Å². The molecule has 2 N–H and O–H groups in total. The molecule has 7 heteroatoms. The molecule has 0 bridgehead atoms. The maximum atomic E-state index is 12.0. The van der Waals surface area contributed by atoms with Crippen LogP contribution in [0.4, 0.5) is 4.79 Å². The molecule has 1 unspecified atom stereocenters. The van der Waals surface area contributed by atoms with E-state index in [4.69, 9.17) is 26.8 Å². The van der Waals surface area contributed by atoms with Crippen molar-refractivity contribution in [2.75, 3.05) is 13.3 Å². The average molecular weight is 308 g/mol. The number of halogens is 1. The van der Waals surface area contributed by atoms with Gasteiger partial charge in [-0.3, -0.25) is 0 Å². The lowest BCUT2D eigenvalue weighted by Crippen LogP contribution is -2.34. The number of ether oxygens (including phenoxy) is 2. The Bertz CT molecular complexity index is 657. The van der Waals surface area contributed by atoms with Crippen LogP contribution in [-0.4, -0.2) is 30.1 Å². The highest BCUT2D eigenvalue weighted by Gasteiger charge is 2.39. The molecule has 4 rings (SSSR count). The van der Waals surface area contributed by atoms with Gasteiger partial charge >= 0.3 is 6.03 Å². The number of rotatable bonds is 3. The summed E-state index contributed by atoms with van der Waals surface area (Å²) in [6, 6.07) is 2.93. The first-order valence-corrected chi connectivity index (χ1v) is 7.25. The van der Waals surface area contributed by atoms with Gasteiger partial charge in [-0.1, -0.05) is 11.6 Å². The van der Waals surface area contributed by atoms with Gasteiger partial charge in [0.1, 0.15) is 11.9 Å². The number of urea groups is 1. The van der Waals surface area contributed by atoms with E-state index in [1.807, 2.05) is 6.07 Å². The van der Waals surface area contributed by atoms with Crippen LogP contribution in [0.15, 0.2) is 17.1 Å². The third-order valence-corrected chi connectivity index (χ3v) is 4.26. The molecule has 110 valence electrons. The number of carbonyl (C=O) groups excluding carboxylic acids is 1. The van der Waals surface area contributed by atoms with Crippen LogP contribution in [-0.2, 0) is 0 Å². The van der Waals surface area contributed by atoms with Crippen molar-refractivity contribution >= 4 is 23.5 Å². The lowest BCUT2D eigenvalue weighted by Gasteiger charge is -2.24. The largest absolute Gasteiger partial charge is 0.454 e. The molecule has 1 saturated carbocycles. The van der Waals surface area contributed by atoms with Crippen molar-refractivity contribution in [2.45, 2.75) is 18.9 Å². The Kier molecular flexibility index (Phi) is 2.75. The van der Waals surface area contributed by atoms with Gasteiger partial charge in [0.15, 0.2) is 11.5 Å². The number of amidine groups is 1. The standard InChI is InChI=1S/C14H14ClN3O3/c15-9-3-8(4-10-12(9)21-6-20-10)11-13(16)17-14(19)18(11)5-7-1-2-7/h3-4,7,11H,1-2,5-6H2,(H2,16,17,19). The summed E-state index contributed by atoms with van der Waals surface area (Å²) in [5.41, 5.74) is 6.76. The second-order valence-corrected chi connectivity index (χ2v) is 5.96. The van der Waals surface area contributed by atoms with Gasteiger partial charge in [0, 0.05) is 6.54 Å². The van der Waals surface area contributed by atoms with Gasteiger partial charge in [-0.25, -0.2) is 4.79 Å². The molecule has 21 heavy (non-hydrogen) atoms. The van der Waals surface area contributed by atoms with Crippen LogP contribution in [0, 0.1) is 5.92 Å². The molecule has 1 aromatic carbocycles. The molecule has 1 atom stereocenters. The quantitative estimate of drug-likeness (QED) is 0.929. The highest BCUT2D eigenvalue weighted by Crippen LogP contribution is 2.43. The molecule has 6 nitrogen and oxygen atoms in total. The molecular weight excluding hydrogens is 294 g/mol. The molecule has 2 amide bonds. The van der Waals surface area contributed by atoms with Crippen LogP contribution in [0.3, 0.4) is 0 Å². The summed E-state index contributed by atoms with van der Waals surface area (Å²) < 4.78 is 10.7. The van der Waals surface area contributed by atoms with Crippen molar-refractivity contribution in [1.82, 2.24) is 4.90 Å². The van der Waals surface area contributed by atoms with Gasteiger partial charge in [-0.15, -0.1) is 0 Å². The summed E-state index contributed by atoms with van der Waals surface area (Å²) in [5, 5.41) is 0.457.